The lowest BCUT2D eigenvalue weighted by Gasteiger charge is -2.24. The summed E-state index contributed by atoms with van der Waals surface area (Å²) in [7, 11) is 3.18. The molecule has 1 aliphatic rings. The summed E-state index contributed by atoms with van der Waals surface area (Å²) in [5, 5.41) is 2.79. The number of hydrogen-bond donors (Lipinski definition) is 1. The quantitative estimate of drug-likeness (QED) is 0.765. The number of amides is 1. The summed E-state index contributed by atoms with van der Waals surface area (Å²) in [6.07, 6.45) is 4.01. The maximum Gasteiger partial charge on any atom is 0.229 e. The van der Waals surface area contributed by atoms with E-state index >= 15 is 0 Å². The molecule has 1 atom stereocenters. The molecule has 1 heterocycles. The monoisotopic (exact) mass is 397 g/mol. The Kier molecular flexibility index (Phi) is 6.46. The van der Waals surface area contributed by atoms with Crippen LogP contribution in [0.2, 0.25) is 0 Å². The van der Waals surface area contributed by atoms with E-state index in [1.165, 1.54) is 6.20 Å². The Morgan fingerprint density at radius 1 is 1.17 bits per heavy atom. The number of methoxy groups -OCH3 is 2. The van der Waals surface area contributed by atoms with Gasteiger partial charge in [-0.3, -0.25) is 14.9 Å². The lowest BCUT2D eigenvalue weighted by molar-refractivity contribution is -0.120. The number of carbonyl (C=O) groups is 2. The van der Waals surface area contributed by atoms with Crippen molar-refractivity contribution < 1.29 is 19.1 Å². The number of hydrogen-bond acceptors (Lipinski definition) is 6. The van der Waals surface area contributed by atoms with Gasteiger partial charge in [0.1, 0.15) is 0 Å². The average Bonchev–Trinajstić information content (AvgIpc) is 2.73. The summed E-state index contributed by atoms with van der Waals surface area (Å²) in [6.45, 7) is 3.96. The molecule has 1 N–H and O–H groups in total. The van der Waals surface area contributed by atoms with Crippen molar-refractivity contribution in [1.29, 1.82) is 0 Å². The number of rotatable bonds is 7. The summed E-state index contributed by atoms with van der Waals surface area (Å²) in [6, 6.07) is 5.69. The zero-order valence-electron chi connectivity index (χ0n) is 17.3. The number of ether oxygens (including phenoxy) is 2. The van der Waals surface area contributed by atoms with Crippen molar-refractivity contribution in [3.05, 3.63) is 41.2 Å². The largest absolute Gasteiger partial charge is 0.493 e. The summed E-state index contributed by atoms with van der Waals surface area (Å²) in [4.78, 5) is 33.7. The van der Waals surface area contributed by atoms with Gasteiger partial charge in [0.2, 0.25) is 11.9 Å². The van der Waals surface area contributed by atoms with E-state index in [-0.39, 0.29) is 29.5 Å². The van der Waals surface area contributed by atoms with Crippen LogP contribution in [0, 0.1) is 5.92 Å². The van der Waals surface area contributed by atoms with E-state index in [9.17, 15) is 9.59 Å². The first kappa shape index (κ1) is 20.8. The van der Waals surface area contributed by atoms with Gasteiger partial charge in [-0.2, -0.15) is 0 Å². The van der Waals surface area contributed by atoms with Crippen molar-refractivity contribution in [1.82, 2.24) is 9.97 Å². The van der Waals surface area contributed by atoms with Gasteiger partial charge in [-0.05, 0) is 42.9 Å². The highest BCUT2D eigenvalue weighted by Gasteiger charge is 2.29. The molecule has 0 aliphatic heterocycles. The Hall–Kier alpha value is -2.96. The maximum atomic E-state index is 12.7. The fourth-order valence-corrected chi connectivity index (χ4v) is 3.72. The molecule has 1 aliphatic carbocycles. The highest BCUT2D eigenvalue weighted by atomic mass is 16.5. The normalized spacial score (nSPS) is 15.8. The molecule has 0 saturated carbocycles. The first-order valence-corrected chi connectivity index (χ1v) is 9.92. The zero-order chi connectivity index (χ0) is 21.0. The average molecular weight is 397 g/mol. The molecule has 154 valence electrons. The van der Waals surface area contributed by atoms with Crippen molar-refractivity contribution >= 4 is 17.6 Å². The first-order chi connectivity index (χ1) is 14.0. The van der Waals surface area contributed by atoms with Crippen LogP contribution in [0.5, 0.6) is 11.5 Å². The molecule has 1 aromatic carbocycles. The van der Waals surface area contributed by atoms with Gasteiger partial charge in [-0.15, -0.1) is 0 Å². The van der Waals surface area contributed by atoms with Crippen LogP contribution in [0.3, 0.4) is 0 Å². The van der Waals surface area contributed by atoms with Gasteiger partial charge in [-0.1, -0.05) is 19.9 Å². The van der Waals surface area contributed by atoms with Gasteiger partial charge in [-0.25, -0.2) is 9.97 Å². The second kappa shape index (κ2) is 9.03. The highest BCUT2D eigenvalue weighted by Crippen LogP contribution is 2.36. The van der Waals surface area contributed by atoms with E-state index in [2.05, 4.69) is 15.3 Å². The second-order valence-corrected chi connectivity index (χ2v) is 7.20. The third kappa shape index (κ3) is 4.39. The van der Waals surface area contributed by atoms with Crippen LogP contribution in [0.1, 0.15) is 60.6 Å². The molecule has 7 nitrogen and oxygen atoms in total. The second-order valence-electron chi connectivity index (χ2n) is 7.20. The number of anilines is 1. The molecular formula is C22H27N3O4. The van der Waals surface area contributed by atoms with E-state index in [4.69, 9.17) is 9.47 Å². The van der Waals surface area contributed by atoms with Gasteiger partial charge >= 0.3 is 0 Å². The van der Waals surface area contributed by atoms with Crippen molar-refractivity contribution in [2.24, 2.45) is 5.92 Å². The SMILES string of the molecule is CCC(CC)C(=O)Nc1ncc2c(n1)C[C@H](c1ccc(OC)c(OC)c1)CC2=O. The Balaban J connectivity index is 1.84. The molecule has 7 heteroatoms. The van der Waals surface area contributed by atoms with E-state index in [1.807, 2.05) is 32.0 Å². The summed E-state index contributed by atoms with van der Waals surface area (Å²) >= 11 is 0. The van der Waals surface area contributed by atoms with Crippen LogP contribution in [0.15, 0.2) is 24.4 Å². The van der Waals surface area contributed by atoms with Crippen LogP contribution in [-0.2, 0) is 11.2 Å². The van der Waals surface area contributed by atoms with Crippen LogP contribution < -0.4 is 14.8 Å². The van der Waals surface area contributed by atoms with Gasteiger partial charge < -0.3 is 9.47 Å². The number of nitrogens with zero attached hydrogens (tertiary/aromatic N) is 2. The highest BCUT2D eigenvalue weighted by molar-refractivity contribution is 5.99. The molecule has 2 aromatic rings. The van der Waals surface area contributed by atoms with Gasteiger partial charge in [0.15, 0.2) is 17.3 Å². The predicted octanol–water partition coefficient (Wildman–Crippen LogP) is 3.78. The number of ketones is 1. The van der Waals surface area contributed by atoms with Crippen LogP contribution >= 0.6 is 0 Å². The van der Waals surface area contributed by atoms with E-state index in [1.54, 1.807) is 14.2 Å². The van der Waals surface area contributed by atoms with Crippen LogP contribution in [0.4, 0.5) is 5.95 Å². The smallest absolute Gasteiger partial charge is 0.229 e. The molecule has 0 fully saturated rings. The Labute approximate surface area is 170 Å². The summed E-state index contributed by atoms with van der Waals surface area (Å²) in [5.74, 6) is 1.35. The Morgan fingerprint density at radius 3 is 2.55 bits per heavy atom. The predicted molar refractivity (Wildman–Crippen MR) is 110 cm³/mol. The molecule has 0 saturated heterocycles. The molecular weight excluding hydrogens is 370 g/mol. The lowest BCUT2D eigenvalue weighted by Crippen LogP contribution is -2.25. The van der Waals surface area contributed by atoms with E-state index in [0.29, 0.717) is 35.6 Å². The van der Waals surface area contributed by atoms with Gasteiger partial charge in [0, 0.05) is 18.5 Å². The molecule has 3 rings (SSSR count). The molecule has 29 heavy (non-hydrogen) atoms. The van der Waals surface area contributed by atoms with Crippen molar-refractivity contribution in [2.75, 3.05) is 19.5 Å². The van der Waals surface area contributed by atoms with E-state index in [0.717, 1.165) is 18.4 Å². The minimum Gasteiger partial charge on any atom is -0.493 e. The van der Waals surface area contributed by atoms with Crippen LogP contribution in [-0.4, -0.2) is 35.9 Å². The molecule has 0 radical (unpaired) electrons. The Morgan fingerprint density at radius 2 is 1.90 bits per heavy atom. The molecule has 0 bridgehead atoms. The molecule has 0 spiro atoms. The van der Waals surface area contributed by atoms with E-state index < -0.39 is 0 Å². The van der Waals surface area contributed by atoms with Gasteiger partial charge in [0.25, 0.3) is 0 Å². The van der Waals surface area contributed by atoms with Crippen molar-refractivity contribution in [3.63, 3.8) is 0 Å². The number of nitrogens with one attached hydrogen (secondary N) is 1. The maximum absolute atomic E-state index is 12.7. The number of carbonyl (C=O) groups excluding carboxylic acids is 2. The van der Waals surface area contributed by atoms with Crippen molar-refractivity contribution in [2.45, 2.75) is 45.4 Å². The molecule has 1 amide bonds. The number of Topliss-reactive ketones (excluding diaryl/α,β-unsaturated/α-hetero) is 1. The summed E-state index contributed by atoms with van der Waals surface area (Å²) in [5.41, 5.74) is 2.18. The standard InChI is InChI=1S/C22H27N3O4/c1-5-13(6-2)21(27)25-22-23-12-16-17(24-22)9-15(10-18(16)26)14-7-8-19(28-3)20(11-14)29-4/h7-8,11-13,15H,5-6,9-10H2,1-4H3,(H,23,24,25,27)/t15-/m0/s1. The Bertz CT molecular complexity index is 909. The zero-order valence-corrected chi connectivity index (χ0v) is 17.3. The van der Waals surface area contributed by atoms with Crippen molar-refractivity contribution in [3.8, 4) is 11.5 Å². The fourth-order valence-electron chi connectivity index (χ4n) is 3.72. The van der Waals surface area contributed by atoms with Gasteiger partial charge in [0.05, 0.1) is 25.5 Å². The minimum atomic E-state index is -0.0893. The fraction of sp³-hybridized carbons (Fsp3) is 0.455. The molecule has 1 aromatic heterocycles. The third-order valence-electron chi connectivity index (χ3n) is 5.51. The minimum absolute atomic E-state index is 0.00362. The van der Waals surface area contributed by atoms with Crippen LogP contribution in [0.25, 0.3) is 0 Å². The third-order valence-corrected chi connectivity index (χ3v) is 5.51. The molecule has 0 unspecified atom stereocenters. The topological polar surface area (TPSA) is 90.4 Å². The summed E-state index contributed by atoms with van der Waals surface area (Å²) < 4.78 is 10.7. The lowest BCUT2D eigenvalue weighted by atomic mass is 9.82. The first-order valence-electron chi connectivity index (χ1n) is 9.92. The number of aromatic nitrogens is 2. The number of benzene rings is 1. The number of fused-ring (bicyclic) bond motifs is 1.